The van der Waals surface area contributed by atoms with Crippen LogP contribution in [0, 0.1) is 0 Å². The van der Waals surface area contributed by atoms with Gasteiger partial charge in [0.25, 0.3) is 0 Å². The lowest BCUT2D eigenvalue weighted by Gasteiger charge is -2.27. The van der Waals surface area contributed by atoms with E-state index >= 15 is 0 Å². The van der Waals surface area contributed by atoms with Gasteiger partial charge in [-0.1, -0.05) is 0 Å². The summed E-state index contributed by atoms with van der Waals surface area (Å²) < 4.78 is 5.46. The van der Waals surface area contributed by atoms with Crippen LogP contribution in [0.4, 0.5) is 0 Å². The maximum absolute atomic E-state index is 10.7. The molecule has 0 amide bonds. The third-order valence-electron chi connectivity index (χ3n) is 2.60. The largest absolute Gasteiger partial charge is 0.370 e. The molecule has 0 spiro atoms. The summed E-state index contributed by atoms with van der Waals surface area (Å²) in [5.41, 5.74) is 0. The van der Waals surface area contributed by atoms with Crippen LogP contribution >= 0.6 is 0 Å². The Bertz CT molecular complexity index is 162. The highest BCUT2D eigenvalue weighted by atomic mass is 16.5. The van der Waals surface area contributed by atoms with Crippen LogP contribution < -0.4 is 5.32 Å². The van der Waals surface area contributed by atoms with Crippen LogP contribution in [0.1, 0.15) is 32.6 Å². The van der Waals surface area contributed by atoms with E-state index in [4.69, 9.17) is 4.74 Å². The van der Waals surface area contributed by atoms with Crippen LogP contribution in [0.2, 0.25) is 0 Å². The van der Waals surface area contributed by atoms with Gasteiger partial charge < -0.3 is 10.1 Å². The first-order valence-corrected chi connectivity index (χ1v) is 5.00. The number of Topliss-reactive ketones (excluding diaryl/α,β-unsaturated/α-hetero) is 1. The first kappa shape index (κ1) is 10.7. The summed E-state index contributed by atoms with van der Waals surface area (Å²) in [5, 5.41) is 3.27. The molecular formula is C10H19NO2. The number of ether oxygens (including phenoxy) is 1. The molecule has 0 aromatic rings. The standard InChI is InChI=1S/C10H19NO2/c1-8(12)7-13-10-5-3-9(11-2)4-6-10/h9-11H,3-7H2,1-2H3. The van der Waals surface area contributed by atoms with Crippen molar-refractivity contribution < 1.29 is 9.53 Å². The van der Waals surface area contributed by atoms with Gasteiger partial charge >= 0.3 is 0 Å². The molecule has 1 N–H and O–H groups in total. The third kappa shape index (κ3) is 3.87. The molecule has 0 aromatic heterocycles. The van der Waals surface area contributed by atoms with E-state index in [1.807, 2.05) is 7.05 Å². The summed E-state index contributed by atoms with van der Waals surface area (Å²) in [6.45, 7) is 1.86. The minimum atomic E-state index is 0.121. The van der Waals surface area contributed by atoms with Crippen molar-refractivity contribution in [2.45, 2.75) is 44.8 Å². The van der Waals surface area contributed by atoms with Crippen LogP contribution in [-0.2, 0) is 9.53 Å². The quantitative estimate of drug-likeness (QED) is 0.713. The Morgan fingerprint density at radius 2 is 2.00 bits per heavy atom. The lowest BCUT2D eigenvalue weighted by atomic mass is 9.93. The molecule has 0 aromatic carbocycles. The molecule has 76 valence electrons. The van der Waals surface area contributed by atoms with Gasteiger partial charge in [-0.2, -0.15) is 0 Å². The van der Waals surface area contributed by atoms with Crippen molar-refractivity contribution >= 4 is 5.78 Å². The van der Waals surface area contributed by atoms with Crippen LogP contribution in [0.15, 0.2) is 0 Å². The number of hydrogen-bond acceptors (Lipinski definition) is 3. The molecule has 3 heteroatoms. The highest BCUT2D eigenvalue weighted by Crippen LogP contribution is 2.20. The zero-order valence-electron chi connectivity index (χ0n) is 8.51. The van der Waals surface area contributed by atoms with E-state index in [0.717, 1.165) is 12.8 Å². The highest BCUT2D eigenvalue weighted by molar-refractivity contribution is 5.76. The summed E-state index contributed by atoms with van der Waals surface area (Å²) in [7, 11) is 2.00. The van der Waals surface area contributed by atoms with Gasteiger partial charge in [-0.3, -0.25) is 4.79 Å². The lowest BCUT2D eigenvalue weighted by molar-refractivity contribution is -0.124. The molecule has 0 bridgehead atoms. The number of nitrogens with one attached hydrogen (secondary N) is 1. The van der Waals surface area contributed by atoms with Crippen LogP contribution in [0.3, 0.4) is 0 Å². The molecule has 0 aliphatic heterocycles. The Morgan fingerprint density at radius 3 is 2.46 bits per heavy atom. The van der Waals surface area contributed by atoms with Gasteiger partial charge in [-0.25, -0.2) is 0 Å². The van der Waals surface area contributed by atoms with Crippen molar-refractivity contribution in [2.24, 2.45) is 0 Å². The Balaban J connectivity index is 2.14. The Morgan fingerprint density at radius 1 is 1.38 bits per heavy atom. The fourth-order valence-corrected chi connectivity index (χ4v) is 1.75. The first-order chi connectivity index (χ1) is 6.22. The maximum atomic E-state index is 10.7. The van der Waals surface area contributed by atoms with Gasteiger partial charge in [-0.15, -0.1) is 0 Å². The van der Waals surface area contributed by atoms with Crippen molar-refractivity contribution in [3.63, 3.8) is 0 Å². The Hall–Kier alpha value is -0.410. The average Bonchev–Trinajstić information content (AvgIpc) is 2.15. The average molecular weight is 185 g/mol. The van der Waals surface area contributed by atoms with Gasteiger partial charge in [0.2, 0.25) is 0 Å². The molecule has 0 unspecified atom stereocenters. The second-order valence-electron chi connectivity index (χ2n) is 3.78. The first-order valence-electron chi connectivity index (χ1n) is 5.00. The summed E-state index contributed by atoms with van der Waals surface area (Å²) in [4.78, 5) is 10.7. The fraction of sp³-hybridized carbons (Fsp3) is 0.900. The number of ketones is 1. The van der Waals surface area contributed by atoms with E-state index < -0.39 is 0 Å². The molecule has 1 rings (SSSR count). The summed E-state index contributed by atoms with van der Waals surface area (Å²) in [6.07, 6.45) is 4.81. The van der Waals surface area contributed by atoms with Crippen molar-refractivity contribution in [1.82, 2.24) is 5.32 Å². The lowest BCUT2D eigenvalue weighted by Crippen LogP contribution is -2.33. The molecule has 0 atom stereocenters. The minimum absolute atomic E-state index is 0.121. The molecule has 1 fully saturated rings. The fourth-order valence-electron chi connectivity index (χ4n) is 1.75. The van der Waals surface area contributed by atoms with Crippen LogP contribution in [0.5, 0.6) is 0 Å². The van der Waals surface area contributed by atoms with Gasteiger partial charge in [0.15, 0.2) is 5.78 Å². The van der Waals surface area contributed by atoms with E-state index in [1.165, 1.54) is 12.8 Å². The van der Waals surface area contributed by atoms with Gasteiger partial charge in [0.05, 0.1) is 6.10 Å². The molecule has 1 aliphatic carbocycles. The predicted molar refractivity (Wildman–Crippen MR) is 51.7 cm³/mol. The van der Waals surface area contributed by atoms with E-state index in [2.05, 4.69) is 5.32 Å². The molecule has 1 saturated carbocycles. The molecule has 0 saturated heterocycles. The normalized spacial score (nSPS) is 28.8. The molecule has 0 radical (unpaired) electrons. The number of hydrogen-bond donors (Lipinski definition) is 1. The third-order valence-corrected chi connectivity index (χ3v) is 2.60. The number of carbonyl (C=O) groups excluding carboxylic acids is 1. The monoisotopic (exact) mass is 185 g/mol. The minimum Gasteiger partial charge on any atom is -0.370 e. The number of rotatable bonds is 4. The molecule has 13 heavy (non-hydrogen) atoms. The smallest absolute Gasteiger partial charge is 0.155 e. The Labute approximate surface area is 79.8 Å². The zero-order chi connectivity index (χ0) is 9.68. The maximum Gasteiger partial charge on any atom is 0.155 e. The second-order valence-corrected chi connectivity index (χ2v) is 3.78. The Kier molecular flexibility index (Phi) is 4.39. The van der Waals surface area contributed by atoms with E-state index in [-0.39, 0.29) is 12.4 Å². The van der Waals surface area contributed by atoms with E-state index in [1.54, 1.807) is 6.92 Å². The number of carbonyl (C=O) groups is 1. The van der Waals surface area contributed by atoms with Gasteiger partial charge in [0.1, 0.15) is 6.61 Å². The second kappa shape index (κ2) is 5.35. The van der Waals surface area contributed by atoms with Crippen molar-refractivity contribution in [1.29, 1.82) is 0 Å². The summed E-state index contributed by atoms with van der Waals surface area (Å²) in [6, 6.07) is 0.650. The van der Waals surface area contributed by atoms with E-state index in [9.17, 15) is 4.79 Å². The van der Waals surface area contributed by atoms with E-state index in [0.29, 0.717) is 12.1 Å². The van der Waals surface area contributed by atoms with Gasteiger partial charge in [-0.05, 0) is 39.7 Å². The molecule has 0 heterocycles. The molecular weight excluding hydrogens is 166 g/mol. The van der Waals surface area contributed by atoms with Crippen molar-refractivity contribution in [3.8, 4) is 0 Å². The zero-order valence-corrected chi connectivity index (χ0v) is 8.51. The predicted octanol–water partition coefficient (Wildman–Crippen LogP) is 1.12. The van der Waals surface area contributed by atoms with Crippen LogP contribution in [-0.4, -0.2) is 31.6 Å². The van der Waals surface area contributed by atoms with Crippen molar-refractivity contribution in [3.05, 3.63) is 0 Å². The summed E-state index contributed by atoms with van der Waals surface area (Å²) >= 11 is 0. The SMILES string of the molecule is CNC1CCC(OCC(C)=O)CC1. The topological polar surface area (TPSA) is 38.3 Å². The highest BCUT2D eigenvalue weighted by Gasteiger charge is 2.20. The van der Waals surface area contributed by atoms with Gasteiger partial charge in [0, 0.05) is 6.04 Å². The molecule has 1 aliphatic rings. The van der Waals surface area contributed by atoms with Crippen LogP contribution in [0.25, 0.3) is 0 Å². The summed E-state index contributed by atoms with van der Waals surface area (Å²) in [5.74, 6) is 0.121. The van der Waals surface area contributed by atoms with Crippen molar-refractivity contribution in [2.75, 3.05) is 13.7 Å². The molecule has 3 nitrogen and oxygen atoms in total.